The minimum atomic E-state index is -0.511. The predicted octanol–water partition coefficient (Wildman–Crippen LogP) is 2.96. The Morgan fingerprint density at radius 1 is 1.44 bits per heavy atom. The van der Waals surface area contributed by atoms with Crippen LogP contribution in [0.3, 0.4) is 0 Å². The molecule has 94 valence electrons. The number of thiophene rings is 1. The highest BCUT2D eigenvalue weighted by Crippen LogP contribution is 2.17. The topological polar surface area (TPSA) is 55.1 Å². The second-order valence-electron chi connectivity index (χ2n) is 4.03. The van der Waals surface area contributed by atoms with Gasteiger partial charge in [0.1, 0.15) is 5.82 Å². The smallest absolute Gasteiger partial charge is 0.251 e. The van der Waals surface area contributed by atoms with E-state index in [0.717, 1.165) is 5.56 Å². The van der Waals surface area contributed by atoms with Crippen molar-refractivity contribution in [2.24, 2.45) is 0 Å². The number of carbonyl (C=O) groups excluding carboxylic acids is 1. The molecule has 1 aromatic heterocycles. The summed E-state index contributed by atoms with van der Waals surface area (Å²) in [6.07, 6.45) is 0. The van der Waals surface area contributed by atoms with Gasteiger partial charge in [0.15, 0.2) is 0 Å². The van der Waals surface area contributed by atoms with Gasteiger partial charge in [0.25, 0.3) is 5.91 Å². The second kappa shape index (κ2) is 5.18. The third-order valence-corrected chi connectivity index (χ3v) is 3.27. The van der Waals surface area contributed by atoms with Crippen molar-refractivity contribution in [3.8, 4) is 0 Å². The molecule has 0 saturated heterocycles. The average molecular weight is 264 g/mol. The maximum Gasteiger partial charge on any atom is 0.251 e. The SMILES string of the molecule is CC(NC(=O)c1cc(N)cc(F)c1)c1ccsc1. The molecule has 0 bridgehead atoms. The van der Waals surface area contributed by atoms with E-state index in [1.54, 1.807) is 11.3 Å². The number of amides is 1. The first-order chi connectivity index (χ1) is 8.56. The van der Waals surface area contributed by atoms with E-state index in [1.807, 2.05) is 23.8 Å². The van der Waals surface area contributed by atoms with Crippen LogP contribution in [-0.4, -0.2) is 5.91 Å². The van der Waals surface area contributed by atoms with Gasteiger partial charge in [-0.2, -0.15) is 11.3 Å². The zero-order valence-electron chi connectivity index (χ0n) is 9.81. The fraction of sp³-hybridized carbons (Fsp3) is 0.154. The lowest BCUT2D eigenvalue weighted by molar-refractivity contribution is 0.0939. The molecular weight excluding hydrogens is 251 g/mol. The molecule has 2 aromatic rings. The second-order valence-corrected chi connectivity index (χ2v) is 4.81. The highest BCUT2D eigenvalue weighted by atomic mass is 32.1. The highest BCUT2D eigenvalue weighted by Gasteiger charge is 2.12. The normalized spacial score (nSPS) is 12.1. The van der Waals surface area contributed by atoms with Crippen LogP contribution in [0.2, 0.25) is 0 Å². The first kappa shape index (κ1) is 12.6. The summed E-state index contributed by atoms with van der Waals surface area (Å²) >= 11 is 1.56. The van der Waals surface area contributed by atoms with Gasteiger partial charge in [-0.1, -0.05) is 0 Å². The maximum atomic E-state index is 13.1. The summed E-state index contributed by atoms with van der Waals surface area (Å²) < 4.78 is 13.1. The third-order valence-electron chi connectivity index (χ3n) is 2.57. The summed E-state index contributed by atoms with van der Waals surface area (Å²) in [5, 5.41) is 6.70. The molecule has 0 aliphatic rings. The van der Waals surface area contributed by atoms with E-state index in [-0.39, 0.29) is 23.2 Å². The van der Waals surface area contributed by atoms with Crippen molar-refractivity contribution in [3.63, 3.8) is 0 Å². The molecule has 3 nitrogen and oxygen atoms in total. The van der Waals surface area contributed by atoms with Crippen molar-refractivity contribution in [1.82, 2.24) is 5.32 Å². The standard InChI is InChI=1S/C13H13FN2OS/c1-8(9-2-3-18-7-9)16-13(17)10-4-11(14)6-12(15)5-10/h2-8H,15H2,1H3,(H,16,17). The quantitative estimate of drug-likeness (QED) is 0.837. The number of halogens is 1. The number of nitrogen functional groups attached to an aromatic ring is 1. The van der Waals surface area contributed by atoms with E-state index in [9.17, 15) is 9.18 Å². The summed E-state index contributed by atoms with van der Waals surface area (Å²) in [6.45, 7) is 1.88. The van der Waals surface area contributed by atoms with Crippen LogP contribution in [0.25, 0.3) is 0 Å². The summed E-state index contributed by atoms with van der Waals surface area (Å²) in [5.41, 5.74) is 7.00. The minimum absolute atomic E-state index is 0.117. The zero-order valence-corrected chi connectivity index (χ0v) is 10.6. The van der Waals surface area contributed by atoms with Crippen molar-refractivity contribution in [2.75, 3.05) is 5.73 Å². The highest BCUT2D eigenvalue weighted by molar-refractivity contribution is 7.07. The molecule has 18 heavy (non-hydrogen) atoms. The van der Waals surface area contributed by atoms with Gasteiger partial charge in [0.2, 0.25) is 0 Å². The van der Waals surface area contributed by atoms with E-state index >= 15 is 0 Å². The Morgan fingerprint density at radius 3 is 2.83 bits per heavy atom. The van der Waals surface area contributed by atoms with Crippen LogP contribution in [0.15, 0.2) is 35.0 Å². The first-order valence-electron chi connectivity index (χ1n) is 5.45. The number of hydrogen-bond acceptors (Lipinski definition) is 3. The number of nitrogens with two attached hydrogens (primary N) is 1. The summed E-state index contributed by atoms with van der Waals surface area (Å²) in [7, 11) is 0. The minimum Gasteiger partial charge on any atom is -0.399 e. The van der Waals surface area contributed by atoms with Gasteiger partial charge in [0, 0.05) is 11.3 Å². The molecule has 1 unspecified atom stereocenters. The fourth-order valence-electron chi connectivity index (χ4n) is 1.63. The number of rotatable bonds is 3. The average Bonchev–Trinajstić information content (AvgIpc) is 2.80. The lowest BCUT2D eigenvalue weighted by Crippen LogP contribution is -2.26. The predicted molar refractivity (Wildman–Crippen MR) is 71.0 cm³/mol. The van der Waals surface area contributed by atoms with E-state index in [0.29, 0.717) is 0 Å². The number of hydrogen-bond donors (Lipinski definition) is 2. The lowest BCUT2D eigenvalue weighted by Gasteiger charge is -2.12. The summed E-state index contributed by atoms with van der Waals surface area (Å²) in [6, 6.07) is 5.63. The van der Waals surface area contributed by atoms with Crippen LogP contribution in [-0.2, 0) is 0 Å². The molecule has 1 amide bonds. The molecule has 0 aliphatic carbocycles. The monoisotopic (exact) mass is 264 g/mol. The molecule has 5 heteroatoms. The van der Waals surface area contributed by atoms with Gasteiger partial charge in [0.05, 0.1) is 6.04 Å². The molecule has 3 N–H and O–H groups in total. The maximum absolute atomic E-state index is 13.1. The first-order valence-corrected chi connectivity index (χ1v) is 6.39. The molecule has 1 atom stereocenters. The largest absolute Gasteiger partial charge is 0.399 e. The lowest BCUT2D eigenvalue weighted by atomic mass is 10.1. The molecule has 0 aliphatic heterocycles. The van der Waals surface area contributed by atoms with Crippen LogP contribution < -0.4 is 11.1 Å². The van der Waals surface area contributed by atoms with E-state index < -0.39 is 5.82 Å². The molecule has 2 rings (SSSR count). The number of benzene rings is 1. The van der Waals surface area contributed by atoms with Crippen molar-refractivity contribution in [1.29, 1.82) is 0 Å². The molecule has 0 radical (unpaired) electrons. The summed E-state index contributed by atoms with van der Waals surface area (Å²) in [4.78, 5) is 11.9. The molecule has 1 heterocycles. The number of nitrogens with one attached hydrogen (secondary N) is 1. The Morgan fingerprint density at radius 2 is 2.22 bits per heavy atom. The van der Waals surface area contributed by atoms with Crippen molar-refractivity contribution in [2.45, 2.75) is 13.0 Å². The molecule has 0 saturated carbocycles. The van der Waals surface area contributed by atoms with Crippen molar-refractivity contribution < 1.29 is 9.18 Å². The van der Waals surface area contributed by atoms with Crippen molar-refractivity contribution in [3.05, 3.63) is 52.0 Å². The van der Waals surface area contributed by atoms with Gasteiger partial charge in [-0.15, -0.1) is 0 Å². The Labute approximate surface area is 108 Å². The number of carbonyl (C=O) groups is 1. The molecule has 1 aromatic carbocycles. The molecule has 0 fully saturated rings. The van der Waals surface area contributed by atoms with Crippen LogP contribution >= 0.6 is 11.3 Å². The fourth-order valence-corrected chi connectivity index (χ4v) is 2.38. The van der Waals surface area contributed by atoms with Crippen molar-refractivity contribution >= 4 is 22.9 Å². The van der Waals surface area contributed by atoms with Gasteiger partial charge < -0.3 is 11.1 Å². The molecule has 0 spiro atoms. The van der Waals surface area contributed by atoms with Crippen LogP contribution in [0.4, 0.5) is 10.1 Å². The van der Waals surface area contributed by atoms with Crippen LogP contribution in [0, 0.1) is 5.82 Å². The van der Waals surface area contributed by atoms with E-state index in [4.69, 9.17) is 5.73 Å². The zero-order chi connectivity index (χ0) is 13.1. The molecular formula is C13H13FN2OS. The van der Waals surface area contributed by atoms with E-state index in [2.05, 4.69) is 5.32 Å². The van der Waals surface area contributed by atoms with Gasteiger partial charge in [-0.05, 0) is 47.5 Å². The van der Waals surface area contributed by atoms with Gasteiger partial charge in [-0.3, -0.25) is 4.79 Å². The van der Waals surface area contributed by atoms with Gasteiger partial charge in [-0.25, -0.2) is 4.39 Å². The number of anilines is 1. The van der Waals surface area contributed by atoms with Crippen LogP contribution in [0.5, 0.6) is 0 Å². The Hall–Kier alpha value is -1.88. The third kappa shape index (κ3) is 2.87. The Kier molecular flexibility index (Phi) is 3.62. The van der Waals surface area contributed by atoms with E-state index in [1.165, 1.54) is 18.2 Å². The Bertz CT molecular complexity index is 534. The van der Waals surface area contributed by atoms with Gasteiger partial charge >= 0.3 is 0 Å². The Balaban J connectivity index is 2.12. The summed E-state index contributed by atoms with van der Waals surface area (Å²) in [5.74, 6) is -0.844. The van der Waals surface area contributed by atoms with Crippen LogP contribution in [0.1, 0.15) is 28.9 Å².